The minimum atomic E-state index is -0.755. The quantitative estimate of drug-likeness (QED) is 0.509. The van der Waals surface area contributed by atoms with E-state index in [1.165, 1.54) is 0 Å². The highest BCUT2D eigenvalue weighted by Gasteiger charge is 2.54. The normalized spacial score (nSPS) is 30.1. The monoisotopic (exact) mass is 313 g/mol. The number of nitrogens with zero attached hydrogens (tertiary/aromatic N) is 2. The Bertz CT molecular complexity index is 638. The van der Waals surface area contributed by atoms with Crippen molar-refractivity contribution in [2.24, 2.45) is 4.99 Å². The zero-order valence-electron chi connectivity index (χ0n) is 13.7. The Morgan fingerprint density at radius 1 is 1.26 bits per heavy atom. The zero-order chi connectivity index (χ0) is 16.6. The number of hydrogen-bond acceptors (Lipinski definition) is 4. The van der Waals surface area contributed by atoms with Crippen molar-refractivity contribution >= 4 is 5.84 Å². The summed E-state index contributed by atoms with van der Waals surface area (Å²) in [5.41, 5.74) is -1.47. The maximum atomic E-state index is 10.4. The van der Waals surface area contributed by atoms with Gasteiger partial charge in [0, 0.05) is 5.54 Å². The Labute approximate surface area is 137 Å². The smallest absolute Gasteiger partial charge is 0.207 e. The summed E-state index contributed by atoms with van der Waals surface area (Å²) in [7, 11) is 0. The number of aliphatic imine (C=N–C) groups is 1. The number of benzene rings is 1. The minimum absolute atomic E-state index is 0.165. The Morgan fingerprint density at radius 3 is 2.43 bits per heavy atom. The molecular weight excluding hydrogens is 290 g/mol. The average Bonchev–Trinajstić information content (AvgIpc) is 3.01. The van der Waals surface area contributed by atoms with E-state index in [4.69, 9.17) is 10.00 Å². The topological polar surface area (TPSA) is 77.6 Å². The number of aliphatic hydroxyl groups is 1. The molecule has 122 valence electrons. The lowest BCUT2D eigenvalue weighted by Gasteiger charge is -2.35. The summed E-state index contributed by atoms with van der Waals surface area (Å²) in [4.78, 5) is 3.99. The van der Waals surface area contributed by atoms with Crippen molar-refractivity contribution in [1.29, 1.82) is 5.26 Å². The lowest BCUT2D eigenvalue weighted by atomic mass is 9.91. The van der Waals surface area contributed by atoms with E-state index in [9.17, 15) is 5.11 Å². The summed E-state index contributed by atoms with van der Waals surface area (Å²) in [6, 6.07) is 9.51. The molecule has 3 rings (SSSR count). The molecule has 23 heavy (non-hydrogen) atoms. The molecule has 0 radical (unpaired) electrons. The van der Waals surface area contributed by atoms with E-state index in [1.54, 1.807) is 0 Å². The van der Waals surface area contributed by atoms with E-state index in [-0.39, 0.29) is 5.54 Å². The summed E-state index contributed by atoms with van der Waals surface area (Å²) >= 11 is 0. The molecule has 5 nitrogen and oxygen atoms in total. The van der Waals surface area contributed by atoms with Crippen molar-refractivity contribution in [3.63, 3.8) is 0 Å². The molecule has 1 aromatic rings. The van der Waals surface area contributed by atoms with E-state index in [1.807, 2.05) is 50.4 Å². The van der Waals surface area contributed by atoms with Crippen molar-refractivity contribution in [3.8, 4) is 11.9 Å². The predicted octanol–water partition coefficient (Wildman–Crippen LogP) is 2.76. The largest absolute Gasteiger partial charge is 0.480 e. The molecule has 2 N–H and O–H groups in total. The first-order chi connectivity index (χ1) is 10.9. The van der Waals surface area contributed by atoms with Crippen LogP contribution in [-0.2, 0) is 0 Å². The van der Waals surface area contributed by atoms with E-state index in [0.29, 0.717) is 12.3 Å². The fraction of sp³-hybridized carbons (Fsp3) is 0.556. The zero-order valence-corrected chi connectivity index (χ0v) is 13.7. The van der Waals surface area contributed by atoms with Crippen LogP contribution in [0.1, 0.15) is 46.0 Å². The molecule has 0 saturated heterocycles. The SMILES string of the molecule is CC(C)(Oc1ccccc1)/C(=N\C#N)NC12CCC(O)(CC1)C2. The number of amidine groups is 1. The molecule has 0 unspecified atom stereocenters. The number of para-hydroxylation sites is 1. The molecule has 0 heterocycles. The van der Waals surface area contributed by atoms with Crippen LogP contribution in [-0.4, -0.2) is 27.7 Å². The van der Waals surface area contributed by atoms with Crippen LogP contribution in [0.5, 0.6) is 5.75 Å². The third-order valence-corrected chi connectivity index (χ3v) is 5.04. The molecule has 2 aliphatic rings. The molecule has 0 aliphatic heterocycles. The van der Waals surface area contributed by atoms with Crippen LogP contribution in [0.4, 0.5) is 0 Å². The molecular formula is C18H23N3O2. The second kappa shape index (κ2) is 5.54. The van der Waals surface area contributed by atoms with Gasteiger partial charge in [0.05, 0.1) is 5.60 Å². The average molecular weight is 313 g/mol. The van der Waals surface area contributed by atoms with Crippen LogP contribution in [0.3, 0.4) is 0 Å². The Kier molecular flexibility index (Phi) is 3.81. The number of rotatable bonds is 4. The molecule has 0 amide bonds. The molecule has 0 aromatic heterocycles. The van der Waals surface area contributed by atoms with Gasteiger partial charge in [-0.15, -0.1) is 0 Å². The standard InChI is InChI=1S/C18H23N3O2/c1-16(2,23-14-6-4-3-5-7-14)15(20-13-19)21-17-8-10-18(22,12-17)11-9-17/h3-7,22H,8-12H2,1-2H3,(H,20,21). The van der Waals surface area contributed by atoms with E-state index >= 15 is 0 Å². The van der Waals surface area contributed by atoms with Crippen molar-refractivity contribution in [2.75, 3.05) is 0 Å². The maximum Gasteiger partial charge on any atom is 0.207 e. The van der Waals surface area contributed by atoms with Gasteiger partial charge in [-0.3, -0.25) is 0 Å². The summed E-state index contributed by atoms with van der Waals surface area (Å²) in [5, 5.41) is 22.9. The van der Waals surface area contributed by atoms with Crippen LogP contribution in [0.2, 0.25) is 0 Å². The Morgan fingerprint density at radius 2 is 1.91 bits per heavy atom. The lowest BCUT2D eigenvalue weighted by Crippen LogP contribution is -2.55. The van der Waals surface area contributed by atoms with Crippen molar-refractivity contribution in [1.82, 2.24) is 5.32 Å². The van der Waals surface area contributed by atoms with Crippen molar-refractivity contribution in [3.05, 3.63) is 30.3 Å². The number of nitriles is 1. The van der Waals surface area contributed by atoms with Gasteiger partial charge in [-0.25, -0.2) is 0 Å². The molecule has 0 spiro atoms. The van der Waals surface area contributed by atoms with Gasteiger partial charge in [-0.1, -0.05) is 18.2 Å². The second-order valence-corrected chi connectivity index (χ2v) is 7.29. The number of hydrogen-bond donors (Lipinski definition) is 2. The van der Waals surface area contributed by atoms with Gasteiger partial charge < -0.3 is 15.2 Å². The maximum absolute atomic E-state index is 10.4. The lowest BCUT2D eigenvalue weighted by molar-refractivity contribution is 0.0521. The third kappa shape index (κ3) is 3.18. The van der Waals surface area contributed by atoms with Gasteiger partial charge in [0.2, 0.25) is 6.19 Å². The van der Waals surface area contributed by atoms with Crippen LogP contribution in [0, 0.1) is 11.5 Å². The number of ether oxygens (including phenoxy) is 1. The fourth-order valence-electron chi connectivity index (χ4n) is 3.79. The van der Waals surface area contributed by atoms with Crippen LogP contribution in [0.15, 0.2) is 35.3 Å². The summed E-state index contributed by atoms with van der Waals surface area (Å²) in [6.45, 7) is 3.80. The Balaban J connectivity index is 1.79. The number of nitrogens with one attached hydrogen (secondary N) is 1. The predicted molar refractivity (Wildman–Crippen MR) is 88.1 cm³/mol. The summed E-state index contributed by atoms with van der Waals surface area (Å²) in [6.07, 6.45) is 6.00. The van der Waals surface area contributed by atoms with E-state index < -0.39 is 11.2 Å². The number of fused-ring (bicyclic) bond motifs is 2. The molecule has 2 aliphatic carbocycles. The summed E-state index contributed by atoms with van der Waals surface area (Å²) in [5.74, 6) is 1.26. The molecule has 5 heteroatoms. The van der Waals surface area contributed by atoms with E-state index in [2.05, 4.69) is 10.3 Å². The van der Waals surface area contributed by atoms with Crippen LogP contribution < -0.4 is 10.1 Å². The van der Waals surface area contributed by atoms with Crippen LogP contribution >= 0.6 is 0 Å². The van der Waals surface area contributed by atoms with E-state index in [0.717, 1.165) is 31.4 Å². The first kappa shape index (κ1) is 15.8. The van der Waals surface area contributed by atoms with Gasteiger partial charge >= 0.3 is 0 Å². The highest BCUT2D eigenvalue weighted by molar-refractivity contribution is 5.91. The molecule has 1 aromatic carbocycles. The summed E-state index contributed by atoms with van der Waals surface area (Å²) < 4.78 is 6.05. The Hall–Kier alpha value is -2.06. The van der Waals surface area contributed by atoms with Gasteiger partial charge in [-0.05, 0) is 58.1 Å². The molecule has 2 saturated carbocycles. The molecule has 2 bridgehead atoms. The van der Waals surface area contributed by atoms with Gasteiger partial charge in [0.1, 0.15) is 5.75 Å². The highest BCUT2D eigenvalue weighted by Crippen LogP contribution is 2.50. The van der Waals surface area contributed by atoms with Gasteiger partial charge in [0.25, 0.3) is 0 Å². The second-order valence-electron chi connectivity index (χ2n) is 7.29. The first-order valence-corrected chi connectivity index (χ1v) is 8.08. The van der Waals surface area contributed by atoms with Crippen LogP contribution in [0.25, 0.3) is 0 Å². The van der Waals surface area contributed by atoms with Crippen molar-refractivity contribution < 1.29 is 9.84 Å². The fourth-order valence-corrected chi connectivity index (χ4v) is 3.79. The molecule has 0 atom stereocenters. The van der Waals surface area contributed by atoms with Gasteiger partial charge in [0.15, 0.2) is 11.4 Å². The van der Waals surface area contributed by atoms with Gasteiger partial charge in [-0.2, -0.15) is 10.3 Å². The van der Waals surface area contributed by atoms with Crippen molar-refractivity contribution in [2.45, 2.75) is 62.7 Å². The minimum Gasteiger partial charge on any atom is -0.480 e. The first-order valence-electron chi connectivity index (χ1n) is 8.08. The molecule has 2 fully saturated rings. The third-order valence-electron chi connectivity index (χ3n) is 5.04. The highest BCUT2D eigenvalue weighted by atomic mass is 16.5.